The molecule has 0 spiro atoms. The average Bonchev–Trinajstić information content (AvgIpc) is 2.46. The predicted molar refractivity (Wildman–Crippen MR) is 75.2 cm³/mol. The summed E-state index contributed by atoms with van der Waals surface area (Å²) < 4.78 is 0. The number of hydrogen-bond acceptors (Lipinski definition) is 4. The minimum atomic E-state index is -0.874. The highest BCUT2D eigenvalue weighted by Crippen LogP contribution is 2.25. The number of nitrogens with zero attached hydrogens (tertiary/aromatic N) is 3. The van der Waals surface area contributed by atoms with Crippen LogP contribution in [0.5, 0.6) is 0 Å². The highest BCUT2D eigenvalue weighted by molar-refractivity contribution is 6.29. The average molecular weight is 290 g/mol. The van der Waals surface area contributed by atoms with Crippen molar-refractivity contribution in [3.8, 4) is 0 Å². The first-order chi connectivity index (χ1) is 9.65. The van der Waals surface area contributed by atoms with Gasteiger partial charge in [0.25, 0.3) is 0 Å². The molecule has 0 fully saturated rings. The third-order valence-corrected chi connectivity index (χ3v) is 3.64. The Kier molecular flexibility index (Phi) is 3.28. The van der Waals surface area contributed by atoms with Crippen LogP contribution in [0.15, 0.2) is 30.3 Å². The van der Waals surface area contributed by atoms with E-state index in [-0.39, 0.29) is 0 Å². The molecule has 2 heterocycles. The highest BCUT2D eigenvalue weighted by Gasteiger charge is 2.22. The molecule has 0 amide bonds. The molecular weight excluding hydrogens is 278 g/mol. The highest BCUT2D eigenvalue weighted by atomic mass is 35.5. The third kappa shape index (κ3) is 2.32. The summed E-state index contributed by atoms with van der Waals surface area (Å²) in [7, 11) is 0. The predicted octanol–water partition coefficient (Wildman–Crippen LogP) is 2.39. The molecule has 6 heteroatoms. The van der Waals surface area contributed by atoms with Crippen molar-refractivity contribution in [2.75, 3.05) is 11.4 Å². The lowest BCUT2D eigenvalue weighted by Gasteiger charge is -2.30. The number of benzene rings is 1. The van der Waals surface area contributed by atoms with Gasteiger partial charge in [0.2, 0.25) is 0 Å². The molecule has 5 nitrogen and oxygen atoms in total. The molecular formula is C14H12ClN3O2. The topological polar surface area (TPSA) is 66.3 Å². The van der Waals surface area contributed by atoms with E-state index >= 15 is 0 Å². The summed E-state index contributed by atoms with van der Waals surface area (Å²) in [6, 6.07) is 8.91. The van der Waals surface area contributed by atoms with Crippen LogP contribution in [0.4, 0.5) is 5.82 Å². The smallest absolute Gasteiger partial charge is 0.335 e. The molecule has 1 aliphatic heterocycles. The van der Waals surface area contributed by atoms with Gasteiger partial charge in [-0.25, -0.2) is 4.79 Å². The fourth-order valence-electron chi connectivity index (χ4n) is 2.48. The number of carbonyl (C=O) groups is 1. The first-order valence-electron chi connectivity index (χ1n) is 6.23. The van der Waals surface area contributed by atoms with Gasteiger partial charge in [-0.3, -0.25) is 0 Å². The quantitative estimate of drug-likeness (QED) is 0.919. The maximum Gasteiger partial charge on any atom is 0.335 e. The van der Waals surface area contributed by atoms with Crippen LogP contribution in [0, 0.1) is 0 Å². The summed E-state index contributed by atoms with van der Waals surface area (Å²) in [6.07, 6.45) is 0.683. The van der Waals surface area contributed by atoms with E-state index < -0.39 is 5.97 Å². The number of fused-ring (bicyclic) bond motifs is 1. The minimum Gasteiger partial charge on any atom is -0.478 e. The zero-order chi connectivity index (χ0) is 14.1. The summed E-state index contributed by atoms with van der Waals surface area (Å²) in [5.41, 5.74) is 2.33. The van der Waals surface area contributed by atoms with Gasteiger partial charge >= 0.3 is 5.97 Å². The fourth-order valence-corrected chi connectivity index (χ4v) is 2.58. The van der Waals surface area contributed by atoms with Crippen LogP contribution in [-0.2, 0) is 13.0 Å². The van der Waals surface area contributed by atoms with E-state index in [1.165, 1.54) is 0 Å². The van der Waals surface area contributed by atoms with Crippen molar-refractivity contribution in [2.24, 2.45) is 0 Å². The fraction of sp³-hybridized carbons (Fsp3) is 0.214. The molecule has 20 heavy (non-hydrogen) atoms. The Labute approximate surface area is 120 Å². The van der Waals surface area contributed by atoms with Crippen molar-refractivity contribution in [1.82, 2.24) is 10.2 Å². The van der Waals surface area contributed by atoms with Gasteiger partial charge in [-0.05, 0) is 35.7 Å². The Morgan fingerprint density at radius 2 is 2.10 bits per heavy atom. The van der Waals surface area contributed by atoms with Gasteiger partial charge in [0, 0.05) is 13.1 Å². The monoisotopic (exact) mass is 289 g/mol. The Bertz CT molecular complexity index is 658. The van der Waals surface area contributed by atoms with E-state index in [0.717, 1.165) is 16.9 Å². The summed E-state index contributed by atoms with van der Waals surface area (Å²) in [4.78, 5) is 13.3. The number of anilines is 1. The number of rotatable bonds is 2. The van der Waals surface area contributed by atoms with Gasteiger partial charge in [-0.15, -0.1) is 10.2 Å². The van der Waals surface area contributed by atoms with Crippen molar-refractivity contribution in [3.63, 3.8) is 0 Å². The third-order valence-electron chi connectivity index (χ3n) is 3.44. The SMILES string of the molecule is O=C(O)c1cccc2c1CCN(c1ccc(Cl)nn1)C2. The second-order valence-electron chi connectivity index (χ2n) is 4.63. The lowest BCUT2D eigenvalue weighted by molar-refractivity contribution is 0.0695. The van der Waals surface area contributed by atoms with E-state index in [1.54, 1.807) is 18.2 Å². The largest absolute Gasteiger partial charge is 0.478 e. The van der Waals surface area contributed by atoms with E-state index in [4.69, 9.17) is 11.6 Å². The molecule has 0 bridgehead atoms. The number of hydrogen-bond donors (Lipinski definition) is 1. The molecule has 0 unspecified atom stereocenters. The van der Waals surface area contributed by atoms with Crippen molar-refractivity contribution in [3.05, 3.63) is 52.2 Å². The van der Waals surface area contributed by atoms with Crippen LogP contribution in [-0.4, -0.2) is 27.8 Å². The molecule has 3 rings (SSSR count). The second-order valence-corrected chi connectivity index (χ2v) is 5.02. The molecule has 1 aromatic heterocycles. The van der Waals surface area contributed by atoms with Crippen LogP contribution in [0.1, 0.15) is 21.5 Å². The van der Waals surface area contributed by atoms with Crippen LogP contribution in [0.2, 0.25) is 5.15 Å². The zero-order valence-electron chi connectivity index (χ0n) is 10.6. The number of carboxylic acids is 1. The van der Waals surface area contributed by atoms with Gasteiger partial charge in [-0.2, -0.15) is 0 Å². The summed E-state index contributed by atoms with van der Waals surface area (Å²) in [5, 5.41) is 17.5. The molecule has 0 saturated carbocycles. The van der Waals surface area contributed by atoms with Crippen molar-refractivity contribution >= 4 is 23.4 Å². The first kappa shape index (κ1) is 12.9. The van der Waals surface area contributed by atoms with Gasteiger partial charge in [0.1, 0.15) is 0 Å². The maximum absolute atomic E-state index is 11.2. The Balaban J connectivity index is 1.91. The minimum absolute atomic E-state index is 0.360. The number of carboxylic acid groups (broad SMARTS) is 1. The first-order valence-corrected chi connectivity index (χ1v) is 6.61. The normalized spacial score (nSPS) is 13.9. The summed E-state index contributed by atoms with van der Waals surface area (Å²) in [5.74, 6) is -0.123. The molecule has 0 radical (unpaired) electrons. The van der Waals surface area contributed by atoms with Gasteiger partial charge in [0.05, 0.1) is 5.56 Å². The van der Waals surface area contributed by atoms with Crippen LogP contribution in [0.25, 0.3) is 0 Å². The summed E-state index contributed by atoms with van der Waals surface area (Å²) in [6.45, 7) is 1.35. The molecule has 2 aromatic rings. The number of aromatic carboxylic acids is 1. The van der Waals surface area contributed by atoms with Crippen molar-refractivity contribution in [2.45, 2.75) is 13.0 Å². The molecule has 0 saturated heterocycles. The van der Waals surface area contributed by atoms with E-state index in [2.05, 4.69) is 15.1 Å². The van der Waals surface area contributed by atoms with Crippen LogP contribution >= 0.6 is 11.6 Å². The van der Waals surface area contributed by atoms with Crippen LogP contribution in [0.3, 0.4) is 0 Å². The van der Waals surface area contributed by atoms with Crippen molar-refractivity contribution < 1.29 is 9.90 Å². The Hall–Kier alpha value is -2.14. The number of aromatic nitrogens is 2. The van der Waals surface area contributed by atoms with E-state index in [9.17, 15) is 9.90 Å². The Morgan fingerprint density at radius 3 is 2.80 bits per heavy atom. The summed E-state index contributed by atoms with van der Waals surface area (Å²) >= 11 is 5.73. The molecule has 1 aliphatic rings. The molecule has 1 N–H and O–H groups in total. The van der Waals surface area contributed by atoms with Crippen molar-refractivity contribution in [1.29, 1.82) is 0 Å². The lowest BCUT2D eigenvalue weighted by Crippen LogP contribution is -2.32. The van der Waals surface area contributed by atoms with Gasteiger partial charge < -0.3 is 10.0 Å². The second kappa shape index (κ2) is 5.09. The Morgan fingerprint density at radius 1 is 1.25 bits per heavy atom. The van der Waals surface area contributed by atoms with E-state index in [1.807, 2.05) is 12.1 Å². The molecule has 1 aromatic carbocycles. The molecule has 0 aliphatic carbocycles. The van der Waals surface area contributed by atoms with Gasteiger partial charge in [-0.1, -0.05) is 23.7 Å². The maximum atomic E-state index is 11.2. The lowest BCUT2D eigenvalue weighted by atomic mass is 9.94. The number of halogens is 1. The van der Waals surface area contributed by atoms with Crippen LogP contribution < -0.4 is 4.90 Å². The molecule has 0 atom stereocenters. The van der Waals surface area contributed by atoms with Gasteiger partial charge in [0.15, 0.2) is 11.0 Å². The van der Waals surface area contributed by atoms with E-state index in [0.29, 0.717) is 30.2 Å². The zero-order valence-corrected chi connectivity index (χ0v) is 11.3. The standard InChI is InChI=1S/C14H12ClN3O2/c15-12-4-5-13(17-16-12)18-7-6-10-9(8-18)2-1-3-11(10)14(19)20/h1-5H,6-8H2,(H,19,20). The molecule has 102 valence electrons.